The van der Waals surface area contributed by atoms with Gasteiger partial charge in [0, 0.05) is 19.3 Å². The smallest absolute Gasteiger partial charge is 0.339 e. The Hall–Kier alpha value is -1.95. The number of carbonyl (C=O) groups is 2. The van der Waals surface area contributed by atoms with Crippen molar-refractivity contribution in [2.45, 2.75) is 25.7 Å². The van der Waals surface area contributed by atoms with Gasteiger partial charge in [-0.1, -0.05) is 12.8 Å². The number of nitrogens with one attached hydrogen (secondary N) is 1. The summed E-state index contributed by atoms with van der Waals surface area (Å²) in [5, 5.41) is 11.4. The molecule has 0 aliphatic rings. The second-order valence-electron chi connectivity index (χ2n) is 4.32. The van der Waals surface area contributed by atoms with Crippen molar-refractivity contribution < 1.29 is 19.4 Å². The molecule has 1 amide bonds. The SMILES string of the molecule is COC(=O)c1ccc(C(=O)NCCCCCCO)nc1. The van der Waals surface area contributed by atoms with Crippen LogP contribution < -0.4 is 5.32 Å². The Balaban J connectivity index is 2.34. The third-order valence-corrected chi connectivity index (χ3v) is 2.79. The van der Waals surface area contributed by atoms with E-state index in [2.05, 4.69) is 15.0 Å². The number of pyridine rings is 1. The molecule has 0 saturated carbocycles. The highest BCUT2D eigenvalue weighted by Gasteiger charge is 2.09. The monoisotopic (exact) mass is 280 g/mol. The second-order valence-corrected chi connectivity index (χ2v) is 4.32. The van der Waals surface area contributed by atoms with E-state index in [4.69, 9.17) is 5.11 Å². The zero-order valence-electron chi connectivity index (χ0n) is 11.6. The number of amides is 1. The van der Waals surface area contributed by atoms with Gasteiger partial charge in [-0.15, -0.1) is 0 Å². The summed E-state index contributed by atoms with van der Waals surface area (Å²) < 4.78 is 4.55. The van der Waals surface area contributed by atoms with Gasteiger partial charge in [0.15, 0.2) is 0 Å². The number of methoxy groups -OCH3 is 1. The Kier molecular flexibility index (Phi) is 7.27. The molecule has 0 spiro atoms. The highest BCUT2D eigenvalue weighted by molar-refractivity contribution is 5.94. The van der Waals surface area contributed by atoms with Gasteiger partial charge in [0.2, 0.25) is 0 Å². The van der Waals surface area contributed by atoms with Crippen molar-refractivity contribution in [2.24, 2.45) is 0 Å². The number of hydrogen-bond donors (Lipinski definition) is 2. The minimum Gasteiger partial charge on any atom is -0.465 e. The Morgan fingerprint density at radius 1 is 1.25 bits per heavy atom. The van der Waals surface area contributed by atoms with Crippen molar-refractivity contribution in [1.29, 1.82) is 0 Å². The number of esters is 1. The fourth-order valence-electron chi connectivity index (χ4n) is 1.65. The molecule has 0 aliphatic carbocycles. The molecule has 0 radical (unpaired) electrons. The molecule has 0 aromatic carbocycles. The summed E-state index contributed by atoms with van der Waals surface area (Å²) >= 11 is 0. The van der Waals surface area contributed by atoms with Crippen LogP contribution >= 0.6 is 0 Å². The predicted molar refractivity (Wildman–Crippen MR) is 73.5 cm³/mol. The van der Waals surface area contributed by atoms with Crippen molar-refractivity contribution in [3.05, 3.63) is 29.6 Å². The van der Waals surface area contributed by atoms with Gasteiger partial charge in [-0.3, -0.25) is 9.78 Å². The fraction of sp³-hybridized carbons (Fsp3) is 0.500. The lowest BCUT2D eigenvalue weighted by Gasteiger charge is -2.05. The van der Waals surface area contributed by atoms with Gasteiger partial charge >= 0.3 is 5.97 Å². The van der Waals surface area contributed by atoms with Crippen molar-refractivity contribution in [2.75, 3.05) is 20.3 Å². The topological polar surface area (TPSA) is 88.5 Å². The molecule has 0 unspecified atom stereocenters. The number of nitrogens with zero attached hydrogens (tertiary/aromatic N) is 1. The van der Waals surface area contributed by atoms with E-state index in [1.807, 2.05) is 0 Å². The fourth-order valence-corrected chi connectivity index (χ4v) is 1.65. The molecule has 20 heavy (non-hydrogen) atoms. The van der Waals surface area contributed by atoms with E-state index in [1.54, 1.807) is 0 Å². The number of aliphatic hydroxyl groups is 1. The Morgan fingerprint density at radius 3 is 2.60 bits per heavy atom. The van der Waals surface area contributed by atoms with Crippen molar-refractivity contribution >= 4 is 11.9 Å². The van der Waals surface area contributed by atoms with Crippen LogP contribution in [0.1, 0.15) is 46.5 Å². The largest absolute Gasteiger partial charge is 0.465 e. The van der Waals surface area contributed by atoms with Crippen LogP contribution in [0, 0.1) is 0 Å². The van der Waals surface area contributed by atoms with Crippen LogP contribution in [0.3, 0.4) is 0 Å². The van der Waals surface area contributed by atoms with E-state index in [0.29, 0.717) is 12.1 Å². The highest BCUT2D eigenvalue weighted by atomic mass is 16.5. The summed E-state index contributed by atoms with van der Waals surface area (Å²) in [5.41, 5.74) is 0.584. The summed E-state index contributed by atoms with van der Waals surface area (Å²) in [4.78, 5) is 26.9. The van der Waals surface area contributed by atoms with E-state index >= 15 is 0 Å². The minimum absolute atomic E-state index is 0.211. The Labute approximate surface area is 118 Å². The first-order chi connectivity index (χ1) is 9.69. The van der Waals surface area contributed by atoms with Gasteiger partial charge in [-0.05, 0) is 25.0 Å². The maximum absolute atomic E-state index is 11.8. The molecule has 2 N–H and O–H groups in total. The second kappa shape index (κ2) is 9.03. The summed E-state index contributed by atoms with van der Waals surface area (Å²) in [6, 6.07) is 3.00. The van der Waals surface area contributed by atoms with Crippen LogP contribution in [0.15, 0.2) is 18.3 Å². The lowest BCUT2D eigenvalue weighted by molar-refractivity contribution is 0.0599. The molecule has 0 aliphatic heterocycles. The summed E-state index contributed by atoms with van der Waals surface area (Å²) in [7, 11) is 1.29. The molecule has 0 bridgehead atoms. The Morgan fingerprint density at radius 2 is 2.00 bits per heavy atom. The lowest BCUT2D eigenvalue weighted by atomic mass is 10.2. The molecule has 110 valence electrons. The summed E-state index contributed by atoms with van der Waals surface area (Å²) in [6.45, 7) is 0.785. The van der Waals surface area contributed by atoms with Crippen LogP contribution in [0.5, 0.6) is 0 Å². The zero-order valence-corrected chi connectivity index (χ0v) is 11.6. The van der Waals surface area contributed by atoms with Gasteiger partial charge < -0.3 is 15.2 Å². The molecule has 1 heterocycles. The first kappa shape index (κ1) is 16.1. The quantitative estimate of drug-likeness (QED) is 0.551. The molecule has 6 heteroatoms. The van der Waals surface area contributed by atoms with E-state index in [0.717, 1.165) is 25.7 Å². The predicted octanol–water partition coefficient (Wildman–Crippen LogP) is 1.15. The third kappa shape index (κ3) is 5.36. The van der Waals surface area contributed by atoms with Crippen LogP contribution in [0.4, 0.5) is 0 Å². The molecule has 6 nitrogen and oxygen atoms in total. The normalized spacial score (nSPS) is 10.1. The van der Waals surface area contributed by atoms with Gasteiger partial charge in [-0.25, -0.2) is 4.79 Å². The number of rotatable bonds is 8. The van der Waals surface area contributed by atoms with Gasteiger partial charge in [-0.2, -0.15) is 0 Å². The zero-order chi connectivity index (χ0) is 14.8. The van der Waals surface area contributed by atoms with Crippen molar-refractivity contribution in [3.8, 4) is 0 Å². The van der Waals surface area contributed by atoms with Crippen LogP contribution in [0.2, 0.25) is 0 Å². The number of ether oxygens (including phenoxy) is 1. The molecule has 1 aromatic rings. The Bertz CT molecular complexity index is 431. The maximum atomic E-state index is 11.8. The molecular formula is C14H20N2O4. The van der Waals surface area contributed by atoms with Gasteiger partial charge in [0.1, 0.15) is 5.69 Å². The minimum atomic E-state index is -0.478. The van der Waals surface area contributed by atoms with Crippen LogP contribution in [-0.4, -0.2) is 42.2 Å². The van der Waals surface area contributed by atoms with E-state index in [9.17, 15) is 9.59 Å². The van der Waals surface area contributed by atoms with E-state index in [-0.39, 0.29) is 18.2 Å². The van der Waals surface area contributed by atoms with Crippen molar-refractivity contribution in [3.63, 3.8) is 0 Å². The molecule has 1 rings (SSSR count). The lowest BCUT2D eigenvalue weighted by Crippen LogP contribution is -2.25. The molecule has 0 atom stereocenters. The number of aromatic nitrogens is 1. The van der Waals surface area contributed by atoms with E-state index < -0.39 is 5.97 Å². The molecule has 0 fully saturated rings. The van der Waals surface area contributed by atoms with Gasteiger partial charge in [0.05, 0.1) is 12.7 Å². The average molecular weight is 280 g/mol. The number of hydrogen-bond acceptors (Lipinski definition) is 5. The van der Waals surface area contributed by atoms with Gasteiger partial charge in [0.25, 0.3) is 5.91 Å². The maximum Gasteiger partial charge on any atom is 0.339 e. The number of unbranched alkanes of at least 4 members (excludes halogenated alkanes) is 3. The van der Waals surface area contributed by atoms with Crippen LogP contribution in [0.25, 0.3) is 0 Å². The molecular weight excluding hydrogens is 260 g/mol. The first-order valence-electron chi connectivity index (χ1n) is 6.62. The van der Waals surface area contributed by atoms with Crippen LogP contribution in [-0.2, 0) is 4.74 Å². The molecule has 1 aromatic heterocycles. The van der Waals surface area contributed by atoms with Crippen molar-refractivity contribution in [1.82, 2.24) is 10.3 Å². The average Bonchev–Trinajstić information content (AvgIpc) is 2.50. The van der Waals surface area contributed by atoms with E-state index in [1.165, 1.54) is 25.4 Å². The summed E-state index contributed by atoms with van der Waals surface area (Å²) in [5.74, 6) is -0.739. The first-order valence-corrected chi connectivity index (χ1v) is 6.62. The summed E-state index contributed by atoms with van der Waals surface area (Å²) in [6.07, 6.45) is 4.91. The number of carbonyl (C=O) groups excluding carboxylic acids is 2. The standard InChI is InChI=1S/C14H20N2O4/c1-20-14(19)11-6-7-12(16-10-11)13(18)15-8-4-2-3-5-9-17/h6-7,10,17H,2-5,8-9H2,1H3,(H,15,18). The molecule has 0 saturated heterocycles. The number of aliphatic hydroxyl groups excluding tert-OH is 1. The third-order valence-electron chi connectivity index (χ3n) is 2.79. The highest BCUT2D eigenvalue weighted by Crippen LogP contribution is 2.02.